The standard InChI is InChI=1S/C24H24N2O5/c1-24(2,3)31-23(27)25-20-15-22(30-16-17-10-6-4-7-11-17)19(14-21(20)26(28)29)18-12-8-5-9-13-18/h4-15H,16H2,1-3H3,(H,25,27). The number of carbonyl (C=O) groups is 1. The predicted octanol–water partition coefficient (Wildman–Crippen LogP) is 6.19. The molecule has 0 aromatic heterocycles. The number of nitrogens with one attached hydrogen (secondary N) is 1. The zero-order valence-corrected chi connectivity index (χ0v) is 17.6. The van der Waals surface area contributed by atoms with E-state index in [9.17, 15) is 14.9 Å². The molecule has 31 heavy (non-hydrogen) atoms. The molecule has 0 saturated heterocycles. The van der Waals surface area contributed by atoms with Gasteiger partial charge in [0.1, 0.15) is 23.6 Å². The smallest absolute Gasteiger partial charge is 0.412 e. The SMILES string of the molecule is CC(C)(C)OC(=O)Nc1cc(OCc2ccccc2)c(-c2ccccc2)cc1[N+](=O)[O-]. The minimum atomic E-state index is -0.780. The van der Waals surface area contributed by atoms with E-state index in [1.807, 2.05) is 60.7 Å². The van der Waals surface area contributed by atoms with E-state index >= 15 is 0 Å². The Bertz CT molecular complexity index is 1060. The average molecular weight is 420 g/mol. The van der Waals surface area contributed by atoms with Crippen LogP contribution in [0.15, 0.2) is 72.8 Å². The van der Waals surface area contributed by atoms with Crippen LogP contribution in [0, 0.1) is 10.1 Å². The van der Waals surface area contributed by atoms with Gasteiger partial charge in [0.25, 0.3) is 5.69 Å². The maximum atomic E-state index is 12.3. The molecule has 0 fully saturated rings. The first-order valence-electron chi connectivity index (χ1n) is 9.77. The van der Waals surface area contributed by atoms with Crippen LogP contribution < -0.4 is 10.1 Å². The highest BCUT2D eigenvalue weighted by atomic mass is 16.6. The summed E-state index contributed by atoms with van der Waals surface area (Å²) in [5.41, 5.74) is 1.27. The van der Waals surface area contributed by atoms with Crippen LogP contribution in [0.25, 0.3) is 11.1 Å². The predicted molar refractivity (Wildman–Crippen MR) is 119 cm³/mol. The minimum absolute atomic E-state index is 0.00185. The molecule has 0 aliphatic rings. The lowest BCUT2D eigenvalue weighted by Gasteiger charge is -2.20. The van der Waals surface area contributed by atoms with Crippen molar-refractivity contribution in [3.05, 3.63) is 88.5 Å². The molecule has 0 unspecified atom stereocenters. The van der Waals surface area contributed by atoms with Gasteiger partial charge in [0, 0.05) is 17.7 Å². The summed E-state index contributed by atoms with van der Waals surface area (Å²) >= 11 is 0. The van der Waals surface area contributed by atoms with Crippen molar-refractivity contribution in [1.82, 2.24) is 0 Å². The first-order chi connectivity index (χ1) is 14.7. The number of nitro groups is 1. The summed E-state index contributed by atoms with van der Waals surface area (Å²) in [5.74, 6) is 0.409. The van der Waals surface area contributed by atoms with E-state index in [1.54, 1.807) is 20.8 Å². The maximum Gasteiger partial charge on any atom is 0.412 e. The summed E-state index contributed by atoms with van der Waals surface area (Å²) in [5, 5.41) is 14.2. The quantitative estimate of drug-likeness (QED) is 0.379. The summed E-state index contributed by atoms with van der Waals surface area (Å²) in [6, 6.07) is 21.7. The summed E-state index contributed by atoms with van der Waals surface area (Å²) in [7, 11) is 0. The third-order valence-corrected chi connectivity index (χ3v) is 4.25. The molecule has 0 atom stereocenters. The Morgan fingerprint density at radius 2 is 1.61 bits per heavy atom. The molecule has 0 saturated carbocycles. The zero-order chi connectivity index (χ0) is 22.4. The Hall–Kier alpha value is -3.87. The molecular weight excluding hydrogens is 396 g/mol. The van der Waals surface area contributed by atoms with Gasteiger partial charge in [-0.1, -0.05) is 60.7 Å². The third-order valence-electron chi connectivity index (χ3n) is 4.25. The average Bonchev–Trinajstić information content (AvgIpc) is 2.72. The van der Waals surface area contributed by atoms with Crippen LogP contribution >= 0.6 is 0 Å². The number of benzene rings is 3. The van der Waals surface area contributed by atoms with E-state index < -0.39 is 16.6 Å². The molecule has 3 aromatic carbocycles. The first kappa shape index (κ1) is 21.8. The number of hydrogen-bond donors (Lipinski definition) is 1. The topological polar surface area (TPSA) is 90.7 Å². The third kappa shape index (κ3) is 6.05. The van der Waals surface area contributed by atoms with Gasteiger partial charge in [0.2, 0.25) is 0 Å². The zero-order valence-electron chi connectivity index (χ0n) is 17.6. The Labute approximate surface area is 180 Å². The van der Waals surface area contributed by atoms with Gasteiger partial charge >= 0.3 is 6.09 Å². The molecule has 3 aromatic rings. The molecule has 3 rings (SSSR count). The van der Waals surface area contributed by atoms with Gasteiger partial charge in [-0.25, -0.2) is 4.79 Å². The lowest BCUT2D eigenvalue weighted by Crippen LogP contribution is -2.27. The number of amides is 1. The van der Waals surface area contributed by atoms with Gasteiger partial charge < -0.3 is 9.47 Å². The van der Waals surface area contributed by atoms with Gasteiger partial charge in [-0.2, -0.15) is 0 Å². The van der Waals surface area contributed by atoms with E-state index in [1.165, 1.54) is 12.1 Å². The van der Waals surface area contributed by atoms with Crippen molar-refractivity contribution < 1.29 is 19.2 Å². The molecule has 0 spiro atoms. The monoisotopic (exact) mass is 420 g/mol. The Morgan fingerprint density at radius 3 is 2.19 bits per heavy atom. The second-order valence-corrected chi connectivity index (χ2v) is 7.89. The van der Waals surface area contributed by atoms with Crippen molar-refractivity contribution in [3.63, 3.8) is 0 Å². The highest BCUT2D eigenvalue weighted by Crippen LogP contribution is 2.39. The van der Waals surface area contributed by atoms with E-state index in [4.69, 9.17) is 9.47 Å². The highest BCUT2D eigenvalue weighted by molar-refractivity contribution is 5.90. The molecule has 160 valence electrons. The van der Waals surface area contributed by atoms with Crippen molar-refractivity contribution in [2.24, 2.45) is 0 Å². The molecule has 0 radical (unpaired) electrons. The van der Waals surface area contributed by atoms with Gasteiger partial charge in [-0.05, 0) is 31.9 Å². The second-order valence-electron chi connectivity index (χ2n) is 7.89. The molecule has 0 bridgehead atoms. The van der Waals surface area contributed by atoms with Crippen molar-refractivity contribution in [2.75, 3.05) is 5.32 Å². The van der Waals surface area contributed by atoms with E-state index in [-0.39, 0.29) is 18.0 Å². The minimum Gasteiger partial charge on any atom is -0.488 e. The Kier molecular flexibility index (Phi) is 6.55. The second kappa shape index (κ2) is 9.30. The van der Waals surface area contributed by atoms with Crippen LogP contribution in [0.5, 0.6) is 5.75 Å². The highest BCUT2D eigenvalue weighted by Gasteiger charge is 2.24. The van der Waals surface area contributed by atoms with E-state index in [2.05, 4.69) is 5.32 Å². The van der Waals surface area contributed by atoms with Crippen LogP contribution in [-0.4, -0.2) is 16.6 Å². The van der Waals surface area contributed by atoms with E-state index in [0.717, 1.165) is 11.1 Å². The molecular formula is C24H24N2O5. The largest absolute Gasteiger partial charge is 0.488 e. The van der Waals surface area contributed by atoms with Crippen molar-refractivity contribution in [1.29, 1.82) is 0 Å². The summed E-state index contributed by atoms with van der Waals surface area (Å²) in [6.07, 6.45) is -0.780. The summed E-state index contributed by atoms with van der Waals surface area (Å²) in [4.78, 5) is 23.4. The van der Waals surface area contributed by atoms with Crippen molar-refractivity contribution in [3.8, 4) is 16.9 Å². The van der Waals surface area contributed by atoms with Crippen LogP contribution in [0.3, 0.4) is 0 Å². The number of rotatable bonds is 6. The van der Waals surface area contributed by atoms with Gasteiger partial charge in [-0.15, -0.1) is 0 Å². The van der Waals surface area contributed by atoms with E-state index in [0.29, 0.717) is 11.3 Å². The van der Waals surface area contributed by atoms with Crippen LogP contribution in [0.2, 0.25) is 0 Å². The van der Waals surface area contributed by atoms with Crippen molar-refractivity contribution >= 4 is 17.5 Å². The lowest BCUT2D eigenvalue weighted by molar-refractivity contribution is -0.383. The number of carbonyl (C=O) groups excluding carboxylic acids is 1. The molecule has 1 N–H and O–H groups in total. The molecule has 0 heterocycles. The maximum absolute atomic E-state index is 12.3. The molecule has 7 heteroatoms. The van der Waals surface area contributed by atoms with Gasteiger partial charge in [0.15, 0.2) is 0 Å². The molecule has 0 aliphatic heterocycles. The van der Waals surface area contributed by atoms with Crippen LogP contribution in [0.4, 0.5) is 16.2 Å². The number of anilines is 1. The Morgan fingerprint density at radius 1 is 1.00 bits per heavy atom. The number of hydrogen-bond acceptors (Lipinski definition) is 5. The fraction of sp³-hybridized carbons (Fsp3) is 0.208. The fourth-order valence-corrected chi connectivity index (χ4v) is 2.93. The molecule has 7 nitrogen and oxygen atoms in total. The van der Waals surface area contributed by atoms with Crippen LogP contribution in [0.1, 0.15) is 26.3 Å². The summed E-state index contributed by atoms with van der Waals surface area (Å²) in [6.45, 7) is 5.42. The van der Waals surface area contributed by atoms with Crippen LogP contribution in [-0.2, 0) is 11.3 Å². The normalized spacial score (nSPS) is 10.9. The fourth-order valence-electron chi connectivity index (χ4n) is 2.93. The van der Waals surface area contributed by atoms with Crippen molar-refractivity contribution in [2.45, 2.75) is 33.0 Å². The lowest BCUT2D eigenvalue weighted by atomic mass is 10.0. The number of nitrogens with zero attached hydrogens (tertiary/aromatic N) is 1. The first-order valence-corrected chi connectivity index (χ1v) is 9.77. The van der Waals surface area contributed by atoms with Gasteiger partial charge in [0.05, 0.1) is 4.92 Å². The Balaban J connectivity index is 2.02. The molecule has 1 amide bonds. The molecule has 0 aliphatic carbocycles. The number of nitro benzene ring substituents is 1. The summed E-state index contributed by atoms with van der Waals surface area (Å²) < 4.78 is 11.3. The van der Waals surface area contributed by atoms with Gasteiger partial charge in [-0.3, -0.25) is 15.4 Å². The number of ether oxygens (including phenoxy) is 2.